The maximum Gasteiger partial charge on any atom is 0.237 e. The van der Waals surface area contributed by atoms with Crippen molar-refractivity contribution in [1.82, 2.24) is 15.2 Å². The van der Waals surface area contributed by atoms with Crippen LogP contribution in [0.2, 0.25) is 0 Å². The Kier molecular flexibility index (Phi) is 6.07. The molecule has 1 amide bonds. The van der Waals surface area contributed by atoms with E-state index in [9.17, 15) is 4.79 Å². The zero-order chi connectivity index (χ0) is 18.4. The summed E-state index contributed by atoms with van der Waals surface area (Å²) in [6.45, 7) is 4.30. The number of nitrogens with one attached hydrogen (secondary N) is 1. The van der Waals surface area contributed by atoms with Gasteiger partial charge in [0.15, 0.2) is 11.5 Å². The van der Waals surface area contributed by atoms with Gasteiger partial charge in [-0.2, -0.15) is 0 Å². The molecule has 1 atom stereocenters. The molecule has 1 aliphatic heterocycles. The van der Waals surface area contributed by atoms with Gasteiger partial charge in [0.2, 0.25) is 11.8 Å². The van der Waals surface area contributed by atoms with Crippen LogP contribution < -0.4 is 14.8 Å². The van der Waals surface area contributed by atoms with E-state index in [1.807, 2.05) is 43.3 Å². The highest BCUT2D eigenvalue weighted by Gasteiger charge is 2.23. The highest BCUT2D eigenvalue weighted by Crippen LogP contribution is 2.31. The van der Waals surface area contributed by atoms with E-state index in [0.29, 0.717) is 23.9 Å². The second kappa shape index (κ2) is 8.67. The number of para-hydroxylation sites is 2. The molecule has 1 saturated heterocycles. The second-order valence-corrected chi connectivity index (χ2v) is 6.36. The van der Waals surface area contributed by atoms with E-state index in [0.717, 1.165) is 31.5 Å². The van der Waals surface area contributed by atoms with Crippen molar-refractivity contribution in [2.24, 2.45) is 0 Å². The Morgan fingerprint density at radius 1 is 1.19 bits per heavy atom. The van der Waals surface area contributed by atoms with Gasteiger partial charge in [-0.1, -0.05) is 18.2 Å². The van der Waals surface area contributed by atoms with Crippen LogP contribution in [0.25, 0.3) is 0 Å². The van der Waals surface area contributed by atoms with Crippen LogP contribution in [0, 0.1) is 0 Å². The molecule has 3 rings (SSSR count). The number of nitrogens with zero attached hydrogens (tertiary/aromatic N) is 2. The summed E-state index contributed by atoms with van der Waals surface area (Å²) in [5, 5.41) is 3.00. The first-order chi connectivity index (χ1) is 12.7. The first-order valence-corrected chi connectivity index (χ1v) is 8.95. The average Bonchev–Trinajstić information content (AvgIpc) is 3.21. The summed E-state index contributed by atoms with van der Waals surface area (Å²) >= 11 is 0. The number of hydrogen-bond acceptors (Lipinski definition) is 5. The number of pyridine rings is 1. The standard InChI is InChI=1S/C20H25N3O3/c1-15(23-12-5-6-13-23)19(24)22-14-16-8-7-11-21-20(16)26-18-10-4-3-9-17(18)25-2/h3-4,7-11,15H,5-6,12-14H2,1-2H3,(H,22,24)/t15-/m1/s1. The van der Waals surface area contributed by atoms with Crippen molar-refractivity contribution in [3.8, 4) is 17.4 Å². The highest BCUT2D eigenvalue weighted by molar-refractivity contribution is 5.81. The van der Waals surface area contributed by atoms with Gasteiger partial charge in [-0.15, -0.1) is 0 Å². The van der Waals surface area contributed by atoms with Crippen molar-refractivity contribution in [3.63, 3.8) is 0 Å². The molecular weight excluding hydrogens is 330 g/mol. The number of ether oxygens (including phenoxy) is 2. The Bertz CT molecular complexity index is 745. The fourth-order valence-corrected chi connectivity index (χ4v) is 3.08. The normalized spacial score (nSPS) is 15.5. The smallest absolute Gasteiger partial charge is 0.237 e. The minimum atomic E-state index is -0.118. The summed E-state index contributed by atoms with van der Waals surface area (Å²) in [6, 6.07) is 11.0. The third-order valence-electron chi connectivity index (χ3n) is 4.65. The third-order valence-corrected chi connectivity index (χ3v) is 4.65. The summed E-state index contributed by atoms with van der Waals surface area (Å²) in [7, 11) is 1.60. The van der Waals surface area contributed by atoms with Crippen molar-refractivity contribution >= 4 is 5.91 Å². The molecule has 0 saturated carbocycles. The number of methoxy groups -OCH3 is 1. The predicted octanol–water partition coefficient (Wildman–Crippen LogP) is 2.98. The van der Waals surface area contributed by atoms with Gasteiger partial charge in [-0.25, -0.2) is 4.98 Å². The lowest BCUT2D eigenvalue weighted by Gasteiger charge is -2.22. The van der Waals surface area contributed by atoms with E-state index in [4.69, 9.17) is 9.47 Å². The largest absolute Gasteiger partial charge is 0.493 e. The van der Waals surface area contributed by atoms with Crippen molar-refractivity contribution < 1.29 is 14.3 Å². The van der Waals surface area contributed by atoms with Crippen molar-refractivity contribution in [2.75, 3.05) is 20.2 Å². The summed E-state index contributed by atoms with van der Waals surface area (Å²) in [4.78, 5) is 19.0. The molecule has 1 aliphatic rings. The number of likely N-dealkylation sites (tertiary alicyclic amines) is 1. The van der Waals surface area contributed by atoms with Crippen LogP contribution >= 0.6 is 0 Å². The number of amides is 1. The van der Waals surface area contributed by atoms with Gasteiger partial charge in [-0.05, 0) is 51.1 Å². The monoisotopic (exact) mass is 355 g/mol. The summed E-state index contributed by atoms with van der Waals surface area (Å²) in [6.07, 6.45) is 4.00. The maximum absolute atomic E-state index is 12.4. The van der Waals surface area contributed by atoms with E-state index in [1.54, 1.807) is 13.3 Å². The molecule has 6 heteroatoms. The fourth-order valence-electron chi connectivity index (χ4n) is 3.08. The first-order valence-electron chi connectivity index (χ1n) is 8.95. The molecule has 0 aliphatic carbocycles. The Hall–Kier alpha value is -2.60. The summed E-state index contributed by atoms with van der Waals surface area (Å²) < 4.78 is 11.2. The van der Waals surface area contributed by atoms with Crippen molar-refractivity contribution in [1.29, 1.82) is 0 Å². The minimum Gasteiger partial charge on any atom is -0.493 e. The summed E-state index contributed by atoms with van der Waals surface area (Å²) in [5.74, 6) is 1.72. The van der Waals surface area contributed by atoms with Crippen molar-refractivity contribution in [3.05, 3.63) is 48.2 Å². The lowest BCUT2D eigenvalue weighted by molar-refractivity contribution is -0.125. The molecule has 0 radical (unpaired) electrons. The van der Waals surface area contributed by atoms with Crippen LogP contribution in [0.5, 0.6) is 17.4 Å². The summed E-state index contributed by atoms with van der Waals surface area (Å²) in [5.41, 5.74) is 0.820. The molecule has 1 fully saturated rings. The zero-order valence-corrected chi connectivity index (χ0v) is 15.3. The average molecular weight is 355 g/mol. The Morgan fingerprint density at radius 3 is 2.65 bits per heavy atom. The predicted molar refractivity (Wildman–Crippen MR) is 99.4 cm³/mol. The Balaban J connectivity index is 1.66. The molecule has 1 aromatic carbocycles. The molecule has 6 nitrogen and oxygen atoms in total. The molecule has 138 valence electrons. The number of aromatic nitrogens is 1. The Morgan fingerprint density at radius 2 is 1.92 bits per heavy atom. The third kappa shape index (κ3) is 4.32. The van der Waals surface area contributed by atoms with E-state index in [2.05, 4.69) is 15.2 Å². The molecule has 0 bridgehead atoms. The quantitative estimate of drug-likeness (QED) is 0.827. The number of hydrogen-bond donors (Lipinski definition) is 1. The van der Waals surface area contributed by atoms with Crippen LogP contribution in [-0.2, 0) is 11.3 Å². The highest BCUT2D eigenvalue weighted by atomic mass is 16.5. The fraction of sp³-hybridized carbons (Fsp3) is 0.400. The number of benzene rings is 1. The topological polar surface area (TPSA) is 63.7 Å². The molecule has 0 unspecified atom stereocenters. The maximum atomic E-state index is 12.4. The molecule has 1 N–H and O–H groups in total. The van der Waals surface area contributed by atoms with Crippen LogP contribution in [-0.4, -0.2) is 42.0 Å². The molecule has 1 aromatic heterocycles. The molecule has 2 heterocycles. The van der Waals surface area contributed by atoms with Crippen LogP contribution in [0.3, 0.4) is 0 Å². The van der Waals surface area contributed by atoms with Crippen LogP contribution in [0.4, 0.5) is 0 Å². The number of carbonyl (C=O) groups is 1. The minimum absolute atomic E-state index is 0.0268. The van der Waals surface area contributed by atoms with Gasteiger partial charge in [0.25, 0.3) is 0 Å². The van der Waals surface area contributed by atoms with Crippen LogP contribution in [0.15, 0.2) is 42.6 Å². The molecule has 0 spiro atoms. The van der Waals surface area contributed by atoms with Gasteiger partial charge in [0, 0.05) is 18.3 Å². The zero-order valence-electron chi connectivity index (χ0n) is 15.3. The van der Waals surface area contributed by atoms with Gasteiger partial charge in [0.05, 0.1) is 13.2 Å². The van der Waals surface area contributed by atoms with E-state index >= 15 is 0 Å². The van der Waals surface area contributed by atoms with Crippen molar-refractivity contribution in [2.45, 2.75) is 32.4 Å². The van der Waals surface area contributed by atoms with E-state index < -0.39 is 0 Å². The second-order valence-electron chi connectivity index (χ2n) is 6.36. The Labute approximate surface area is 154 Å². The number of rotatable bonds is 7. The van der Waals surface area contributed by atoms with Gasteiger partial charge < -0.3 is 14.8 Å². The van der Waals surface area contributed by atoms with E-state index in [-0.39, 0.29) is 11.9 Å². The van der Waals surface area contributed by atoms with Gasteiger partial charge in [0.1, 0.15) is 0 Å². The van der Waals surface area contributed by atoms with Crippen LogP contribution in [0.1, 0.15) is 25.3 Å². The number of carbonyl (C=O) groups excluding carboxylic acids is 1. The molecule has 26 heavy (non-hydrogen) atoms. The molecular formula is C20H25N3O3. The SMILES string of the molecule is COc1ccccc1Oc1ncccc1CNC(=O)[C@@H](C)N1CCCC1. The lowest BCUT2D eigenvalue weighted by atomic mass is 10.2. The van der Waals surface area contributed by atoms with E-state index in [1.165, 1.54) is 0 Å². The van der Waals surface area contributed by atoms with Gasteiger partial charge >= 0.3 is 0 Å². The molecule has 2 aromatic rings. The lowest BCUT2D eigenvalue weighted by Crippen LogP contribution is -2.43. The van der Waals surface area contributed by atoms with Gasteiger partial charge in [-0.3, -0.25) is 9.69 Å². The first kappa shape index (κ1) is 18.2.